The molecule has 0 spiro atoms. The van der Waals surface area contributed by atoms with E-state index in [2.05, 4.69) is 18.8 Å². The van der Waals surface area contributed by atoms with Crippen molar-refractivity contribution in [3.05, 3.63) is 23.4 Å². The summed E-state index contributed by atoms with van der Waals surface area (Å²) in [4.78, 5) is 5.60. The van der Waals surface area contributed by atoms with Gasteiger partial charge in [0.2, 0.25) is 0 Å². The number of aromatic nitrogens is 1. The Bertz CT molecular complexity index is 542. The molecule has 0 amide bonds. The molecule has 0 aromatic carbocycles. The first-order valence-electron chi connectivity index (χ1n) is 7.08. The third-order valence-corrected chi connectivity index (χ3v) is 3.49. The van der Waals surface area contributed by atoms with Crippen LogP contribution >= 0.6 is 0 Å². The standard InChI is InChI=1S/C15H18F3N3/c1-10(2)7-8-21(12-4-5-12)14-11(9-19)3-6-13(20-14)15(16,17)18/h3,6,10,12H,4-5,7-8H2,1-2H3. The first kappa shape index (κ1) is 15.6. The molecule has 1 aromatic heterocycles. The molecule has 0 atom stereocenters. The lowest BCUT2D eigenvalue weighted by atomic mass is 10.1. The van der Waals surface area contributed by atoms with Crippen molar-refractivity contribution in [2.75, 3.05) is 11.4 Å². The molecule has 0 N–H and O–H groups in total. The fourth-order valence-electron chi connectivity index (χ4n) is 2.16. The van der Waals surface area contributed by atoms with Crippen LogP contribution in [0.25, 0.3) is 0 Å². The van der Waals surface area contributed by atoms with Crippen molar-refractivity contribution in [3.8, 4) is 6.07 Å². The maximum Gasteiger partial charge on any atom is 0.433 e. The highest BCUT2D eigenvalue weighted by atomic mass is 19.4. The van der Waals surface area contributed by atoms with Crippen molar-refractivity contribution in [1.29, 1.82) is 5.26 Å². The molecule has 0 saturated heterocycles. The highest BCUT2D eigenvalue weighted by Gasteiger charge is 2.36. The second kappa shape index (κ2) is 5.92. The Morgan fingerprint density at radius 3 is 2.52 bits per heavy atom. The van der Waals surface area contributed by atoms with Crippen LogP contribution in [0.15, 0.2) is 12.1 Å². The van der Waals surface area contributed by atoms with E-state index in [0.29, 0.717) is 12.5 Å². The fraction of sp³-hybridized carbons (Fsp3) is 0.600. The Hall–Kier alpha value is -1.77. The summed E-state index contributed by atoms with van der Waals surface area (Å²) in [7, 11) is 0. The molecule has 0 radical (unpaired) electrons. The minimum Gasteiger partial charge on any atom is -0.353 e. The predicted octanol–water partition coefficient (Wildman–Crippen LogP) is 3.99. The highest BCUT2D eigenvalue weighted by molar-refractivity contribution is 5.56. The van der Waals surface area contributed by atoms with Gasteiger partial charge >= 0.3 is 6.18 Å². The van der Waals surface area contributed by atoms with Crippen molar-refractivity contribution in [1.82, 2.24) is 4.98 Å². The van der Waals surface area contributed by atoms with E-state index in [1.807, 2.05) is 11.0 Å². The topological polar surface area (TPSA) is 39.9 Å². The van der Waals surface area contributed by atoms with Crippen LogP contribution < -0.4 is 4.90 Å². The molecule has 1 heterocycles. The Morgan fingerprint density at radius 2 is 2.05 bits per heavy atom. The van der Waals surface area contributed by atoms with Crippen molar-refractivity contribution < 1.29 is 13.2 Å². The zero-order chi connectivity index (χ0) is 15.6. The summed E-state index contributed by atoms with van der Waals surface area (Å²) in [5.41, 5.74) is -0.731. The number of nitriles is 1. The molecule has 0 unspecified atom stereocenters. The number of hydrogen-bond acceptors (Lipinski definition) is 3. The van der Waals surface area contributed by atoms with E-state index in [1.54, 1.807) is 0 Å². The molecule has 1 fully saturated rings. The molecule has 1 saturated carbocycles. The average molecular weight is 297 g/mol. The first-order valence-corrected chi connectivity index (χ1v) is 7.08. The maximum atomic E-state index is 12.8. The molecular formula is C15H18F3N3. The molecule has 1 aliphatic carbocycles. The van der Waals surface area contributed by atoms with Crippen LogP contribution in [0, 0.1) is 17.2 Å². The van der Waals surface area contributed by atoms with E-state index < -0.39 is 11.9 Å². The number of anilines is 1. The Kier molecular flexibility index (Phi) is 4.40. The smallest absolute Gasteiger partial charge is 0.353 e. The van der Waals surface area contributed by atoms with Gasteiger partial charge in [-0.05, 0) is 37.3 Å². The first-order chi connectivity index (χ1) is 9.82. The summed E-state index contributed by atoms with van der Waals surface area (Å²) in [5.74, 6) is 0.623. The van der Waals surface area contributed by atoms with Gasteiger partial charge in [0, 0.05) is 12.6 Å². The van der Waals surface area contributed by atoms with Gasteiger partial charge in [-0.15, -0.1) is 0 Å². The van der Waals surface area contributed by atoms with Crippen molar-refractivity contribution in [2.24, 2.45) is 5.92 Å². The van der Waals surface area contributed by atoms with Gasteiger partial charge in [-0.1, -0.05) is 13.8 Å². The van der Waals surface area contributed by atoms with Gasteiger partial charge in [-0.25, -0.2) is 4.98 Å². The van der Waals surface area contributed by atoms with Crippen LogP contribution in [-0.2, 0) is 6.18 Å². The molecule has 114 valence electrons. The van der Waals surface area contributed by atoms with Crippen molar-refractivity contribution >= 4 is 5.82 Å². The van der Waals surface area contributed by atoms with Gasteiger partial charge in [-0.3, -0.25) is 0 Å². The number of nitrogens with zero attached hydrogens (tertiary/aromatic N) is 3. The molecule has 1 aliphatic rings. The molecule has 0 bridgehead atoms. The molecule has 3 nitrogen and oxygen atoms in total. The van der Waals surface area contributed by atoms with E-state index in [0.717, 1.165) is 25.3 Å². The van der Waals surface area contributed by atoms with Crippen LogP contribution in [0.2, 0.25) is 0 Å². The van der Waals surface area contributed by atoms with Crippen LogP contribution in [0.1, 0.15) is 44.4 Å². The number of halogens is 3. The third kappa shape index (κ3) is 3.87. The van der Waals surface area contributed by atoms with Crippen LogP contribution in [0.4, 0.5) is 19.0 Å². The number of hydrogen-bond donors (Lipinski definition) is 0. The van der Waals surface area contributed by atoms with Crippen LogP contribution in [0.3, 0.4) is 0 Å². The molecule has 21 heavy (non-hydrogen) atoms. The zero-order valence-corrected chi connectivity index (χ0v) is 12.1. The van der Waals surface area contributed by atoms with Crippen LogP contribution in [0.5, 0.6) is 0 Å². The summed E-state index contributed by atoms with van der Waals surface area (Å²) >= 11 is 0. The van der Waals surface area contributed by atoms with Crippen LogP contribution in [-0.4, -0.2) is 17.6 Å². The molecule has 0 aliphatic heterocycles. The van der Waals surface area contributed by atoms with E-state index in [1.165, 1.54) is 6.07 Å². The lowest BCUT2D eigenvalue weighted by Gasteiger charge is -2.26. The average Bonchev–Trinajstić information content (AvgIpc) is 3.22. The second-order valence-electron chi connectivity index (χ2n) is 5.78. The maximum absolute atomic E-state index is 12.8. The van der Waals surface area contributed by atoms with Gasteiger partial charge in [-0.2, -0.15) is 18.4 Å². The summed E-state index contributed by atoms with van der Waals surface area (Å²) in [6, 6.07) is 4.26. The van der Waals surface area contributed by atoms with Gasteiger partial charge < -0.3 is 4.90 Å². The van der Waals surface area contributed by atoms with Gasteiger partial charge in [0.05, 0.1) is 5.56 Å². The normalized spacial score (nSPS) is 15.1. The quantitative estimate of drug-likeness (QED) is 0.825. The molecule has 1 aromatic rings. The summed E-state index contributed by atoms with van der Waals surface area (Å²) in [6.07, 6.45) is -1.74. The second-order valence-corrected chi connectivity index (χ2v) is 5.78. The van der Waals surface area contributed by atoms with E-state index in [9.17, 15) is 13.2 Å². The monoisotopic (exact) mass is 297 g/mol. The Balaban J connectivity index is 2.35. The lowest BCUT2D eigenvalue weighted by molar-refractivity contribution is -0.141. The number of pyridine rings is 1. The summed E-state index contributed by atoms with van der Waals surface area (Å²) < 4.78 is 38.5. The van der Waals surface area contributed by atoms with Gasteiger partial charge in [0.15, 0.2) is 0 Å². The zero-order valence-electron chi connectivity index (χ0n) is 12.1. The summed E-state index contributed by atoms with van der Waals surface area (Å²) in [6.45, 7) is 4.76. The van der Waals surface area contributed by atoms with Crippen molar-refractivity contribution in [3.63, 3.8) is 0 Å². The Morgan fingerprint density at radius 1 is 1.38 bits per heavy atom. The fourth-order valence-corrected chi connectivity index (χ4v) is 2.16. The minimum absolute atomic E-state index is 0.176. The van der Waals surface area contributed by atoms with Crippen molar-refractivity contribution in [2.45, 2.75) is 45.3 Å². The largest absolute Gasteiger partial charge is 0.433 e. The van der Waals surface area contributed by atoms with E-state index in [-0.39, 0.29) is 17.4 Å². The molecule has 2 rings (SSSR count). The van der Waals surface area contributed by atoms with E-state index >= 15 is 0 Å². The highest BCUT2D eigenvalue weighted by Crippen LogP contribution is 2.35. The van der Waals surface area contributed by atoms with Gasteiger partial charge in [0.25, 0.3) is 0 Å². The summed E-state index contributed by atoms with van der Waals surface area (Å²) in [5, 5.41) is 9.14. The predicted molar refractivity (Wildman–Crippen MR) is 73.8 cm³/mol. The lowest BCUT2D eigenvalue weighted by Crippen LogP contribution is -2.30. The molecular weight excluding hydrogens is 279 g/mol. The SMILES string of the molecule is CC(C)CCN(c1nc(C(F)(F)F)ccc1C#N)C1CC1. The number of rotatable bonds is 5. The molecule has 6 heteroatoms. The third-order valence-electron chi connectivity index (χ3n) is 3.49. The number of alkyl halides is 3. The Labute approximate surface area is 122 Å². The van der Waals surface area contributed by atoms with E-state index in [4.69, 9.17) is 5.26 Å². The van der Waals surface area contributed by atoms with Gasteiger partial charge in [0.1, 0.15) is 17.6 Å². The minimum atomic E-state index is -4.49.